The van der Waals surface area contributed by atoms with Crippen LogP contribution in [-0.2, 0) is 11.2 Å². The zero-order valence-electron chi connectivity index (χ0n) is 14.4. The van der Waals surface area contributed by atoms with E-state index in [9.17, 15) is 4.79 Å². The predicted octanol–water partition coefficient (Wildman–Crippen LogP) is 4.50. The van der Waals surface area contributed by atoms with Crippen LogP contribution in [-0.4, -0.2) is 22.7 Å². The highest BCUT2D eigenvalue weighted by Crippen LogP contribution is 2.41. The fourth-order valence-corrected chi connectivity index (χ4v) is 2.93. The van der Waals surface area contributed by atoms with Crippen LogP contribution in [0.4, 0.5) is 4.79 Å². The van der Waals surface area contributed by atoms with Crippen molar-refractivity contribution in [3.8, 4) is 0 Å². The highest BCUT2D eigenvalue weighted by molar-refractivity contribution is 5.84. The molecule has 1 saturated carbocycles. The molecule has 1 atom stereocenters. The second kappa shape index (κ2) is 5.91. The zero-order chi connectivity index (χ0) is 16.6. The third-order valence-corrected chi connectivity index (χ3v) is 4.13. The van der Waals surface area contributed by atoms with E-state index in [1.165, 1.54) is 34.9 Å². The minimum atomic E-state index is -0.468. The third kappa shape index (κ3) is 4.06. The number of carbonyl (C=O) groups is 1. The molecule has 124 valence electrons. The normalized spacial score (nSPS) is 16.3. The lowest BCUT2D eigenvalue weighted by molar-refractivity contribution is 0.0508. The van der Waals surface area contributed by atoms with Crippen molar-refractivity contribution in [2.45, 2.75) is 64.5 Å². The number of hydrogen-bond acceptors (Lipinski definition) is 2. The molecule has 0 spiro atoms. The van der Waals surface area contributed by atoms with Crippen molar-refractivity contribution < 1.29 is 9.53 Å². The minimum Gasteiger partial charge on any atom is -0.444 e. The van der Waals surface area contributed by atoms with Gasteiger partial charge in [-0.1, -0.05) is 12.1 Å². The summed E-state index contributed by atoms with van der Waals surface area (Å²) in [5.41, 5.74) is 3.38. The molecule has 1 aliphatic rings. The van der Waals surface area contributed by atoms with Crippen LogP contribution >= 0.6 is 0 Å². The van der Waals surface area contributed by atoms with Gasteiger partial charge in [0.2, 0.25) is 0 Å². The molecule has 4 nitrogen and oxygen atoms in total. The molecule has 1 fully saturated rings. The Morgan fingerprint density at radius 1 is 1.39 bits per heavy atom. The number of carbonyl (C=O) groups excluding carboxylic acids is 1. The smallest absolute Gasteiger partial charge is 0.407 e. The van der Waals surface area contributed by atoms with E-state index in [0.717, 1.165) is 12.3 Å². The van der Waals surface area contributed by atoms with Crippen molar-refractivity contribution >= 4 is 17.0 Å². The Hall–Kier alpha value is -1.97. The van der Waals surface area contributed by atoms with Crippen molar-refractivity contribution in [1.82, 2.24) is 10.3 Å². The predicted molar refractivity (Wildman–Crippen MR) is 92.8 cm³/mol. The van der Waals surface area contributed by atoms with Crippen molar-refractivity contribution in [2.24, 2.45) is 0 Å². The molecule has 3 rings (SSSR count). The molecule has 0 saturated heterocycles. The first kappa shape index (κ1) is 15.9. The molecule has 23 heavy (non-hydrogen) atoms. The number of benzene rings is 1. The molecule has 1 amide bonds. The molecular formula is C19H26N2O2. The van der Waals surface area contributed by atoms with Crippen molar-refractivity contribution in [2.75, 3.05) is 0 Å². The Morgan fingerprint density at radius 3 is 2.78 bits per heavy atom. The number of aromatic nitrogens is 1. The Morgan fingerprint density at radius 2 is 2.13 bits per heavy atom. The largest absolute Gasteiger partial charge is 0.444 e. The van der Waals surface area contributed by atoms with E-state index < -0.39 is 5.60 Å². The second-order valence-corrected chi connectivity index (χ2v) is 7.64. The van der Waals surface area contributed by atoms with Crippen LogP contribution < -0.4 is 5.32 Å². The Kier molecular flexibility index (Phi) is 4.09. The van der Waals surface area contributed by atoms with Gasteiger partial charge in [-0.15, -0.1) is 0 Å². The van der Waals surface area contributed by atoms with E-state index in [0.29, 0.717) is 0 Å². The van der Waals surface area contributed by atoms with Gasteiger partial charge in [0.1, 0.15) is 5.60 Å². The zero-order valence-corrected chi connectivity index (χ0v) is 14.4. The molecule has 0 aliphatic heterocycles. The summed E-state index contributed by atoms with van der Waals surface area (Å²) in [5.74, 6) is 0.763. The summed E-state index contributed by atoms with van der Waals surface area (Å²) in [5, 5.41) is 4.15. The maximum Gasteiger partial charge on any atom is 0.407 e. The van der Waals surface area contributed by atoms with E-state index in [4.69, 9.17) is 4.74 Å². The fraction of sp³-hybridized carbons (Fsp3) is 0.526. The molecule has 0 bridgehead atoms. The van der Waals surface area contributed by atoms with Crippen LogP contribution in [0.25, 0.3) is 10.9 Å². The Bertz CT molecular complexity index is 708. The first-order chi connectivity index (χ1) is 10.8. The third-order valence-electron chi connectivity index (χ3n) is 4.13. The highest BCUT2D eigenvalue weighted by Gasteiger charge is 2.24. The first-order valence-electron chi connectivity index (χ1n) is 8.41. The average Bonchev–Trinajstić information content (AvgIpc) is 3.20. The fourth-order valence-electron chi connectivity index (χ4n) is 2.93. The summed E-state index contributed by atoms with van der Waals surface area (Å²) < 4.78 is 5.31. The van der Waals surface area contributed by atoms with Crippen LogP contribution in [0.15, 0.2) is 24.4 Å². The van der Waals surface area contributed by atoms with Gasteiger partial charge in [0.15, 0.2) is 0 Å². The molecule has 2 N–H and O–H groups in total. The summed E-state index contributed by atoms with van der Waals surface area (Å²) in [4.78, 5) is 15.2. The molecular weight excluding hydrogens is 288 g/mol. The lowest BCUT2D eigenvalue weighted by Gasteiger charge is -2.21. The van der Waals surface area contributed by atoms with Gasteiger partial charge >= 0.3 is 6.09 Å². The maximum atomic E-state index is 11.8. The van der Waals surface area contributed by atoms with Gasteiger partial charge in [-0.2, -0.15) is 0 Å². The summed E-state index contributed by atoms with van der Waals surface area (Å²) in [6, 6.07) is 6.73. The first-order valence-corrected chi connectivity index (χ1v) is 8.41. The number of rotatable bonds is 4. The monoisotopic (exact) mass is 314 g/mol. The molecule has 1 unspecified atom stereocenters. The second-order valence-electron chi connectivity index (χ2n) is 7.64. The van der Waals surface area contributed by atoms with Crippen molar-refractivity contribution in [3.63, 3.8) is 0 Å². The topological polar surface area (TPSA) is 54.1 Å². The van der Waals surface area contributed by atoms with Crippen LogP contribution in [0.5, 0.6) is 0 Å². The Balaban J connectivity index is 1.65. The number of fused-ring (bicyclic) bond motifs is 1. The SMILES string of the molecule is CC(Cc1c[nH]c2cc(C3CC3)ccc12)NC(=O)OC(C)(C)C. The molecule has 1 aromatic heterocycles. The number of H-pyrrole nitrogens is 1. The number of alkyl carbamates (subject to hydrolysis) is 1. The molecule has 1 aliphatic carbocycles. The van der Waals surface area contributed by atoms with E-state index in [-0.39, 0.29) is 12.1 Å². The minimum absolute atomic E-state index is 0.0203. The lowest BCUT2D eigenvalue weighted by atomic mass is 10.0. The Labute approximate surface area is 137 Å². The molecule has 2 aromatic rings. The summed E-state index contributed by atoms with van der Waals surface area (Å²) >= 11 is 0. The van der Waals surface area contributed by atoms with Gasteiger partial charge in [0.25, 0.3) is 0 Å². The van der Waals surface area contributed by atoms with Crippen LogP contribution in [0.3, 0.4) is 0 Å². The van der Waals surface area contributed by atoms with Crippen LogP contribution in [0.1, 0.15) is 57.6 Å². The molecule has 1 heterocycles. The number of nitrogens with one attached hydrogen (secondary N) is 2. The van der Waals surface area contributed by atoms with Gasteiger partial charge in [-0.05, 0) is 70.1 Å². The summed E-state index contributed by atoms with van der Waals surface area (Å²) in [6.07, 6.45) is 5.10. The van der Waals surface area contributed by atoms with E-state index in [1.54, 1.807) is 0 Å². The number of amides is 1. The van der Waals surface area contributed by atoms with Gasteiger partial charge in [0.05, 0.1) is 0 Å². The average molecular weight is 314 g/mol. The van der Waals surface area contributed by atoms with Crippen molar-refractivity contribution in [3.05, 3.63) is 35.5 Å². The number of ether oxygens (including phenoxy) is 1. The highest BCUT2D eigenvalue weighted by atomic mass is 16.6. The number of hydrogen-bond donors (Lipinski definition) is 2. The van der Waals surface area contributed by atoms with Gasteiger partial charge in [0, 0.05) is 23.1 Å². The lowest BCUT2D eigenvalue weighted by Crippen LogP contribution is -2.38. The van der Waals surface area contributed by atoms with Crippen molar-refractivity contribution in [1.29, 1.82) is 0 Å². The van der Waals surface area contributed by atoms with Gasteiger partial charge in [-0.3, -0.25) is 0 Å². The van der Waals surface area contributed by atoms with Gasteiger partial charge in [-0.25, -0.2) is 4.79 Å². The summed E-state index contributed by atoms with van der Waals surface area (Å²) in [7, 11) is 0. The summed E-state index contributed by atoms with van der Waals surface area (Å²) in [6.45, 7) is 7.61. The maximum absolute atomic E-state index is 11.8. The van der Waals surface area contributed by atoms with E-state index in [2.05, 4.69) is 34.7 Å². The van der Waals surface area contributed by atoms with E-state index >= 15 is 0 Å². The van der Waals surface area contributed by atoms with Gasteiger partial charge < -0.3 is 15.0 Å². The number of aromatic amines is 1. The standard InChI is InChI=1S/C19H26N2O2/c1-12(21-18(22)23-19(2,3)4)9-15-11-20-17-10-14(13-5-6-13)7-8-16(15)17/h7-8,10-13,20H,5-6,9H2,1-4H3,(H,21,22). The molecule has 1 aromatic carbocycles. The molecule has 4 heteroatoms. The molecule has 0 radical (unpaired) electrons. The van der Waals surface area contributed by atoms with Crippen LogP contribution in [0.2, 0.25) is 0 Å². The quantitative estimate of drug-likeness (QED) is 0.873. The van der Waals surface area contributed by atoms with E-state index in [1.807, 2.05) is 27.7 Å². The van der Waals surface area contributed by atoms with Crippen LogP contribution in [0, 0.1) is 0 Å².